The van der Waals surface area contributed by atoms with E-state index >= 15 is 0 Å². The Bertz CT molecular complexity index is 168. The highest BCUT2D eigenvalue weighted by Crippen LogP contribution is 2.39. The summed E-state index contributed by atoms with van der Waals surface area (Å²) in [5.74, 6) is 0.717. The van der Waals surface area contributed by atoms with Crippen LogP contribution in [0.4, 0.5) is 0 Å². The molecular weight excluding hydrogens is 174 g/mol. The highest BCUT2D eigenvalue weighted by atomic mass is 16.5. The summed E-state index contributed by atoms with van der Waals surface area (Å²) in [6, 6.07) is 0.430. The summed E-state index contributed by atoms with van der Waals surface area (Å²) in [5.41, 5.74) is 6.65. The Morgan fingerprint density at radius 3 is 2.79 bits per heavy atom. The minimum atomic E-state index is 0.430. The first kappa shape index (κ1) is 12.0. The van der Waals surface area contributed by atoms with Crippen LogP contribution in [0.2, 0.25) is 0 Å². The molecular formula is C12H25NO. The van der Waals surface area contributed by atoms with Crippen LogP contribution >= 0.6 is 0 Å². The van der Waals surface area contributed by atoms with Gasteiger partial charge >= 0.3 is 0 Å². The zero-order valence-corrected chi connectivity index (χ0v) is 9.88. The van der Waals surface area contributed by atoms with Crippen LogP contribution in [0.3, 0.4) is 0 Å². The number of hydrogen-bond acceptors (Lipinski definition) is 2. The second-order valence-electron chi connectivity index (χ2n) is 5.47. The largest absolute Gasteiger partial charge is 0.385 e. The van der Waals surface area contributed by atoms with E-state index in [-0.39, 0.29) is 0 Å². The smallest absolute Gasteiger partial charge is 0.0462 e. The van der Waals surface area contributed by atoms with Crippen molar-refractivity contribution in [2.45, 2.75) is 52.0 Å². The summed E-state index contributed by atoms with van der Waals surface area (Å²) in [6.07, 6.45) is 6.17. The highest BCUT2D eigenvalue weighted by Gasteiger charge is 2.32. The van der Waals surface area contributed by atoms with Gasteiger partial charge in [-0.1, -0.05) is 13.8 Å². The molecule has 0 heterocycles. The van der Waals surface area contributed by atoms with Crippen molar-refractivity contribution in [3.63, 3.8) is 0 Å². The summed E-state index contributed by atoms with van der Waals surface area (Å²) in [5, 5.41) is 0. The van der Waals surface area contributed by atoms with Crippen LogP contribution in [-0.2, 0) is 4.74 Å². The molecule has 1 fully saturated rings. The van der Waals surface area contributed by atoms with E-state index in [0.717, 1.165) is 13.0 Å². The average molecular weight is 199 g/mol. The third-order valence-electron chi connectivity index (χ3n) is 3.50. The Morgan fingerprint density at radius 2 is 2.14 bits per heavy atom. The van der Waals surface area contributed by atoms with Gasteiger partial charge in [0, 0.05) is 19.8 Å². The lowest BCUT2D eigenvalue weighted by Crippen LogP contribution is -2.39. The Hall–Kier alpha value is -0.0800. The maximum atomic E-state index is 6.14. The van der Waals surface area contributed by atoms with Gasteiger partial charge in [-0.3, -0.25) is 0 Å². The molecule has 0 aliphatic heterocycles. The number of nitrogens with two attached hydrogens (primary N) is 1. The third-order valence-corrected chi connectivity index (χ3v) is 3.50. The minimum Gasteiger partial charge on any atom is -0.385 e. The van der Waals surface area contributed by atoms with Crippen LogP contribution in [-0.4, -0.2) is 19.8 Å². The van der Waals surface area contributed by atoms with E-state index in [0.29, 0.717) is 17.4 Å². The third kappa shape index (κ3) is 3.58. The quantitative estimate of drug-likeness (QED) is 0.706. The van der Waals surface area contributed by atoms with Gasteiger partial charge in [0.2, 0.25) is 0 Å². The predicted molar refractivity (Wildman–Crippen MR) is 60.2 cm³/mol. The molecule has 0 saturated heterocycles. The van der Waals surface area contributed by atoms with Crippen LogP contribution in [0.5, 0.6) is 0 Å². The fraction of sp³-hybridized carbons (Fsp3) is 1.00. The van der Waals surface area contributed by atoms with Crippen LogP contribution in [0.15, 0.2) is 0 Å². The van der Waals surface area contributed by atoms with Gasteiger partial charge in [-0.2, -0.15) is 0 Å². The Balaban J connectivity index is 2.33. The van der Waals surface area contributed by atoms with Crippen molar-refractivity contribution < 1.29 is 4.74 Å². The van der Waals surface area contributed by atoms with Gasteiger partial charge in [-0.25, -0.2) is 0 Å². The molecule has 0 aromatic heterocycles. The van der Waals surface area contributed by atoms with E-state index in [1.807, 2.05) is 0 Å². The summed E-state index contributed by atoms with van der Waals surface area (Å²) in [4.78, 5) is 0. The molecule has 2 atom stereocenters. The number of rotatable bonds is 4. The van der Waals surface area contributed by atoms with E-state index < -0.39 is 0 Å². The monoisotopic (exact) mass is 199 g/mol. The van der Waals surface area contributed by atoms with E-state index in [9.17, 15) is 0 Å². The first-order chi connectivity index (χ1) is 6.55. The molecule has 84 valence electrons. The van der Waals surface area contributed by atoms with Gasteiger partial charge in [-0.15, -0.1) is 0 Å². The van der Waals surface area contributed by atoms with Crippen molar-refractivity contribution in [3.05, 3.63) is 0 Å². The maximum Gasteiger partial charge on any atom is 0.0462 e. The molecule has 0 amide bonds. The molecule has 0 radical (unpaired) electrons. The average Bonchev–Trinajstić information content (AvgIpc) is 2.11. The summed E-state index contributed by atoms with van der Waals surface area (Å²) >= 11 is 0. The molecule has 1 aliphatic rings. The lowest BCUT2D eigenvalue weighted by Gasteiger charge is -2.39. The molecule has 1 rings (SSSR count). The molecule has 1 aliphatic carbocycles. The molecule has 0 spiro atoms. The summed E-state index contributed by atoms with van der Waals surface area (Å²) in [7, 11) is 1.77. The van der Waals surface area contributed by atoms with E-state index in [2.05, 4.69) is 13.8 Å². The maximum absolute atomic E-state index is 6.14. The fourth-order valence-electron chi connectivity index (χ4n) is 2.56. The first-order valence-electron chi connectivity index (χ1n) is 5.80. The van der Waals surface area contributed by atoms with Gasteiger partial charge in [0.1, 0.15) is 0 Å². The standard InChI is InChI=1S/C12H25NO/c1-12(2)7-6-11(13)10(9-12)5-4-8-14-3/h10-11H,4-9,13H2,1-3H3. The van der Waals surface area contributed by atoms with Gasteiger partial charge in [-0.05, 0) is 43.4 Å². The van der Waals surface area contributed by atoms with Crippen molar-refractivity contribution in [1.29, 1.82) is 0 Å². The topological polar surface area (TPSA) is 35.2 Å². The van der Waals surface area contributed by atoms with Crippen molar-refractivity contribution in [2.75, 3.05) is 13.7 Å². The van der Waals surface area contributed by atoms with Crippen molar-refractivity contribution in [2.24, 2.45) is 17.1 Å². The van der Waals surface area contributed by atoms with E-state index in [4.69, 9.17) is 10.5 Å². The predicted octanol–water partition coefficient (Wildman–Crippen LogP) is 2.57. The lowest BCUT2D eigenvalue weighted by atomic mass is 9.69. The molecule has 2 unspecified atom stereocenters. The molecule has 2 heteroatoms. The minimum absolute atomic E-state index is 0.430. The zero-order valence-electron chi connectivity index (χ0n) is 9.88. The van der Waals surface area contributed by atoms with Crippen molar-refractivity contribution in [1.82, 2.24) is 0 Å². The van der Waals surface area contributed by atoms with Crippen LogP contribution in [0, 0.1) is 11.3 Å². The van der Waals surface area contributed by atoms with Crippen LogP contribution in [0.25, 0.3) is 0 Å². The van der Waals surface area contributed by atoms with Crippen LogP contribution in [0.1, 0.15) is 46.0 Å². The van der Waals surface area contributed by atoms with Gasteiger partial charge in [0.05, 0.1) is 0 Å². The Kier molecular flexibility index (Phi) is 4.39. The number of hydrogen-bond donors (Lipinski definition) is 1. The van der Waals surface area contributed by atoms with Crippen molar-refractivity contribution in [3.8, 4) is 0 Å². The SMILES string of the molecule is COCCCC1CC(C)(C)CCC1N. The van der Waals surface area contributed by atoms with Gasteiger partial charge < -0.3 is 10.5 Å². The van der Waals surface area contributed by atoms with Gasteiger partial charge in [0.15, 0.2) is 0 Å². The highest BCUT2D eigenvalue weighted by molar-refractivity contribution is 4.86. The molecule has 0 aromatic carbocycles. The number of methoxy groups -OCH3 is 1. The molecule has 0 aromatic rings. The molecule has 0 bridgehead atoms. The van der Waals surface area contributed by atoms with Gasteiger partial charge in [0.25, 0.3) is 0 Å². The fourth-order valence-corrected chi connectivity index (χ4v) is 2.56. The number of ether oxygens (including phenoxy) is 1. The molecule has 1 saturated carbocycles. The zero-order chi connectivity index (χ0) is 10.6. The Morgan fingerprint density at radius 1 is 1.43 bits per heavy atom. The summed E-state index contributed by atoms with van der Waals surface area (Å²) in [6.45, 7) is 5.61. The molecule has 2 N–H and O–H groups in total. The van der Waals surface area contributed by atoms with E-state index in [1.54, 1.807) is 7.11 Å². The Labute approximate surface area is 88.2 Å². The molecule has 14 heavy (non-hydrogen) atoms. The second kappa shape index (κ2) is 5.13. The summed E-state index contributed by atoms with van der Waals surface area (Å²) < 4.78 is 5.08. The lowest BCUT2D eigenvalue weighted by molar-refractivity contribution is 0.132. The van der Waals surface area contributed by atoms with Crippen LogP contribution < -0.4 is 5.73 Å². The van der Waals surface area contributed by atoms with E-state index in [1.165, 1.54) is 25.7 Å². The molecule has 2 nitrogen and oxygen atoms in total. The van der Waals surface area contributed by atoms with Crippen molar-refractivity contribution >= 4 is 0 Å². The first-order valence-corrected chi connectivity index (χ1v) is 5.80. The second-order valence-corrected chi connectivity index (χ2v) is 5.47. The normalized spacial score (nSPS) is 31.7.